The molecular formula is C12H18N4OS. The van der Waals surface area contributed by atoms with Crippen molar-refractivity contribution >= 4 is 22.4 Å². The first-order valence-corrected chi connectivity index (χ1v) is 7.32. The number of carbonyl (C=O) groups is 1. The Morgan fingerprint density at radius 2 is 2.11 bits per heavy atom. The molecule has 6 heteroatoms. The number of hydrogen-bond donors (Lipinski definition) is 1. The quantitative estimate of drug-likeness (QED) is 0.869. The Morgan fingerprint density at radius 3 is 2.67 bits per heavy atom. The van der Waals surface area contributed by atoms with E-state index < -0.39 is 0 Å². The van der Waals surface area contributed by atoms with Gasteiger partial charge in [-0.05, 0) is 12.8 Å². The number of amides is 1. The van der Waals surface area contributed by atoms with Gasteiger partial charge in [0.2, 0.25) is 5.91 Å². The standard InChI is InChI=1S/C12H18N4OS/c13-12-14-9(8-18-12)7-11(17)16-5-3-15(4-6-16)10-1-2-10/h8,10H,1-7H2,(H2,13,14). The summed E-state index contributed by atoms with van der Waals surface area (Å²) in [6, 6.07) is 0.806. The predicted octanol–water partition coefficient (Wildman–Crippen LogP) is 0.574. The zero-order valence-electron chi connectivity index (χ0n) is 10.3. The first-order valence-electron chi connectivity index (χ1n) is 6.44. The number of carbonyl (C=O) groups excluding carboxylic acids is 1. The van der Waals surface area contributed by atoms with Gasteiger partial charge in [-0.2, -0.15) is 0 Å². The Morgan fingerprint density at radius 1 is 1.39 bits per heavy atom. The molecule has 0 spiro atoms. The van der Waals surface area contributed by atoms with Crippen LogP contribution >= 0.6 is 11.3 Å². The molecule has 1 aromatic heterocycles. The van der Waals surface area contributed by atoms with Gasteiger partial charge in [0.15, 0.2) is 5.13 Å². The fourth-order valence-corrected chi connectivity index (χ4v) is 3.01. The van der Waals surface area contributed by atoms with Gasteiger partial charge in [0.05, 0.1) is 12.1 Å². The molecular weight excluding hydrogens is 248 g/mol. The van der Waals surface area contributed by atoms with Gasteiger partial charge in [-0.1, -0.05) is 0 Å². The summed E-state index contributed by atoms with van der Waals surface area (Å²) in [5.74, 6) is 0.177. The Balaban J connectivity index is 1.51. The highest BCUT2D eigenvalue weighted by atomic mass is 32.1. The van der Waals surface area contributed by atoms with Gasteiger partial charge in [-0.25, -0.2) is 4.98 Å². The molecule has 1 saturated carbocycles. The van der Waals surface area contributed by atoms with E-state index in [1.165, 1.54) is 24.2 Å². The van der Waals surface area contributed by atoms with E-state index in [1.807, 2.05) is 10.3 Å². The Hall–Kier alpha value is -1.14. The maximum Gasteiger partial charge on any atom is 0.228 e. The number of thiazole rings is 1. The van der Waals surface area contributed by atoms with Crippen molar-refractivity contribution < 1.29 is 4.79 Å². The minimum absolute atomic E-state index is 0.177. The number of rotatable bonds is 3. The van der Waals surface area contributed by atoms with Crippen molar-refractivity contribution in [1.29, 1.82) is 0 Å². The van der Waals surface area contributed by atoms with Gasteiger partial charge in [-0.15, -0.1) is 11.3 Å². The van der Waals surface area contributed by atoms with E-state index >= 15 is 0 Å². The van der Waals surface area contributed by atoms with E-state index in [2.05, 4.69) is 9.88 Å². The van der Waals surface area contributed by atoms with Gasteiger partial charge in [0, 0.05) is 37.6 Å². The molecule has 1 saturated heterocycles. The highest BCUT2D eigenvalue weighted by molar-refractivity contribution is 7.13. The fourth-order valence-electron chi connectivity index (χ4n) is 2.45. The van der Waals surface area contributed by atoms with Crippen molar-refractivity contribution in [3.05, 3.63) is 11.1 Å². The highest BCUT2D eigenvalue weighted by Crippen LogP contribution is 2.27. The van der Waals surface area contributed by atoms with E-state index in [-0.39, 0.29) is 5.91 Å². The van der Waals surface area contributed by atoms with Gasteiger partial charge in [0.25, 0.3) is 0 Å². The van der Waals surface area contributed by atoms with E-state index in [1.54, 1.807) is 0 Å². The lowest BCUT2D eigenvalue weighted by Gasteiger charge is -2.34. The van der Waals surface area contributed by atoms with Crippen LogP contribution in [0.15, 0.2) is 5.38 Å². The molecule has 0 unspecified atom stereocenters. The summed E-state index contributed by atoms with van der Waals surface area (Å²) in [5.41, 5.74) is 6.37. The average Bonchev–Trinajstić information content (AvgIpc) is 3.14. The van der Waals surface area contributed by atoms with Crippen LogP contribution in [0.3, 0.4) is 0 Å². The second-order valence-electron chi connectivity index (χ2n) is 5.00. The lowest BCUT2D eigenvalue weighted by atomic mass is 10.2. The molecule has 1 aliphatic carbocycles. The van der Waals surface area contributed by atoms with E-state index in [0.717, 1.165) is 37.9 Å². The molecule has 0 radical (unpaired) electrons. The summed E-state index contributed by atoms with van der Waals surface area (Å²) in [4.78, 5) is 20.7. The molecule has 2 N–H and O–H groups in total. The summed E-state index contributed by atoms with van der Waals surface area (Å²) >= 11 is 1.39. The minimum atomic E-state index is 0.177. The molecule has 5 nitrogen and oxygen atoms in total. The zero-order valence-corrected chi connectivity index (χ0v) is 11.2. The van der Waals surface area contributed by atoms with Gasteiger partial charge in [-0.3, -0.25) is 9.69 Å². The summed E-state index contributed by atoms with van der Waals surface area (Å²) < 4.78 is 0. The van der Waals surface area contributed by atoms with E-state index in [9.17, 15) is 4.79 Å². The second kappa shape index (κ2) is 4.85. The molecule has 1 aliphatic heterocycles. The largest absolute Gasteiger partial charge is 0.375 e. The number of anilines is 1. The van der Waals surface area contributed by atoms with Crippen LogP contribution in [0.1, 0.15) is 18.5 Å². The van der Waals surface area contributed by atoms with Crippen LogP contribution < -0.4 is 5.73 Å². The third kappa shape index (κ3) is 2.64. The number of hydrogen-bond acceptors (Lipinski definition) is 5. The second-order valence-corrected chi connectivity index (χ2v) is 5.89. The fraction of sp³-hybridized carbons (Fsp3) is 0.667. The number of nitrogen functional groups attached to an aromatic ring is 1. The molecule has 0 atom stereocenters. The zero-order chi connectivity index (χ0) is 12.5. The number of nitrogens with zero attached hydrogens (tertiary/aromatic N) is 3. The third-order valence-corrected chi connectivity index (χ3v) is 4.35. The van der Waals surface area contributed by atoms with Gasteiger partial charge >= 0.3 is 0 Å². The number of aromatic nitrogens is 1. The molecule has 1 amide bonds. The van der Waals surface area contributed by atoms with Crippen LogP contribution in [0, 0.1) is 0 Å². The molecule has 2 fully saturated rings. The van der Waals surface area contributed by atoms with Gasteiger partial charge in [0.1, 0.15) is 0 Å². The van der Waals surface area contributed by atoms with Crippen molar-refractivity contribution in [2.24, 2.45) is 0 Å². The maximum atomic E-state index is 12.1. The lowest BCUT2D eigenvalue weighted by Crippen LogP contribution is -2.49. The van der Waals surface area contributed by atoms with Crippen LogP contribution in [0.25, 0.3) is 0 Å². The number of piperazine rings is 1. The van der Waals surface area contributed by atoms with Crippen LogP contribution in [0.4, 0.5) is 5.13 Å². The van der Waals surface area contributed by atoms with E-state index in [0.29, 0.717) is 11.6 Å². The smallest absolute Gasteiger partial charge is 0.228 e. The van der Waals surface area contributed by atoms with Crippen LogP contribution in [0.5, 0.6) is 0 Å². The van der Waals surface area contributed by atoms with Crippen LogP contribution in [-0.2, 0) is 11.2 Å². The minimum Gasteiger partial charge on any atom is -0.375 e. The normalized spacial score (nSPS) is 21.2. The molecule has 18 heavy (non-hydrogen) atoms. The monoisotopic (exact) mass is 266 g/mol. The Labute approximate surface area is 111 Å². The summed E-state index contributed by atoms with van der Waals surface area (Å²) in [6.07, 6.45) is 3.06. The Bertz CT molecular complexity index is 435. The maximum absolute atomic E-state index is 12.1. The molecule has 1 aromatic rings. The molecule has 2 aliphatic rings. The number of nitrogens with two attached hydrogens (primary N) is 1. The van der Waals surface area contributed by atoms with Gasteiger partial charge < -0.3 is 10.6 Å². The molecule has 0 bridgehead atoms. The van der Waals surface area contributed by atoms with Crippen molar-refractivity contribution in [2.45, 2.75) is 25.3 Å². The van der Waals surface area contributed by atoms with Crippen molar-refractivity contribution in [3.63, 3.8) is 0 Å². The molecule has 3 rings (SSSR count). The SMILES string of the molecule is Nc1nc(CC(=O)N2CCN(C3CC3)CC2)cs1. The predicted molar refractivity (Wildman–Crippen MR) is 71.4 cm³/mol. The lowest BCUT2D eigenvalue weighted by molar-refractivity contribution is -0.132. The molecule has 98 valence electrons. The topological polar surface area (TPSA) is 62.5 Å². The van der Waals surface area contributed by atoms with Crippen molar-refractivity contribution in [2.75, 3.05) is 31.9 Å². The van der Waals surface area contributed by atoms with Crippen molar-refractivity contribution in [3.8, 4) is 0 Å². The third-order valence-electron chi connectivity index (χ3n) is 3.63. The first-order chi connectivity index (χ1) is 8.72. The summed E-state index contributed by atoms with van der Waals surface area (Å²) in [5, 5.41) is 2.41. The Kier molecular flexibility index (Phi) is 3.22. The first kappa shape index (κ1) is 11.9. The summed E-state index contributed by atoms with van der Waals surface area (Å²) in [6.45, 7) is 3.76. The van der Waals surface area contributed by atoms with Crippen LogP contribution in [-0.4, -0.2) is 52.9 Å². The van der Waals surface area contributed by atoms with Crippen LogP contribution in [0.2, 0.25) is 0 Å². The average molecular weight is 266 g/mol. The molecule has 0 aromatic carbocycles. The highest BCUT2D eigenvalue weighted by Gasteiger charge is 2.32. The summed E-state index contributed by atoms with van der Waals surface area (Å²) in [7, 11) is 0. The molecule has 2 heterocycles. The van der Waals surface area contributed by atoms with E-state index in [4.69, 9.17) is 5.73 Å². The van der Waals surface area contributed by atoms with Crippen molar-refractivity contribution in [1.82, 2.24) is 14.8 Å².